The Morgan fingerprint density at radius 2 is 1.36 bits per heavy atom. The highest BCUT2D eigenvalue weighted by Crippen LogP contribution is 2.39. The van der Waals surface area contributed by atoms with Crippen LogP contribution in [-0.4, -0.2) is 9.55 Å². The molecule has 0 aliphatic carbocycles. The molecular weight excluding hydrogens is 521 g/mol. The quantitative estimate of drug-likeness (QED) is 0.207. The lowest BCUT2D eigenvalue weighted by Gasteiger charge is -2.27. The zero-order chi connectivity index (χ0) is 26.9. The maximum Gasteiger partial charge on any atom is 0.145 e. The van der Waals surface area contributed by atoms with Gasteiger partial charge in [-0.3, -0.25) is 4.57 Å². The minimum Gasteiger partial charge on any atom is -0.336 e. The normalized spacial score (nSPS) is 11.2. The molecule has 5 heteroatoms. The van der Waals surface area contributed by atoms with E-state index in [0.717, 1.165) is 33.8 Å². The SMILES string of the molecule is Cc1cccc(C)c1-n1c(-c2ccc(N(Cc3ccccc3)c3cccc(Cl)c3Cl)cc2)nc2ccccc21. The molecule has 0 saturated carbocycles. The van der Waals surface area contributed by atoms with E-state index >= 15 is 0 Å². The van der Waals surface area contributed by atoms with Crippen LogP contribution in [0.15, 0.2) is 115 Å². The van der Waals surface area contributed by atoms with E-state index in [2.05, 4.69) is 96.1 Å². The standard InChI is InChI=1S/C34H27Cl2N3/c1-23-10-8-11-24(2)33(23)39-30-16-7-6-15-29(30)37-34(39)26-18-20-27(21-19-26)38(22-25-12-4-3-5-13-25)31-17-9-14-28(35)32(31)36/h3-21H,22H2,1-2H3. The summed E-state index contributed by atoms with van der Waals surface area (Å²) in [6.45, 7) is 4.96. The second-order valence-electron chi connectivity index (χ2n) is 9.69. The summed E-state index contributed by atoms with van der Waals surface area (Å²) in [5.41, 5.74) is 9.73. The smallest absolute Gasteiger partial charge is 0.145 e. The fourth-order valence-electron chi connectivity index (χ4n) is 5.18. The molecule has 39 heavy (non-hydrogen) atoms. The highest BCUT2D eigenvalue weighted by Gasteiger charge is 2.19. The Bertz CT molecular complexity index is 1750. The molecule has 0 aliphatic rings. The van der Waals surface area contributed by atoms with Crippen molar-refractivity contribution in [2.75, 3.05) is 4.90 Å². The van der Waals surface area contributed by atoms with Gasteiger partial charge >= 0.3 is 0 Å². The van der Waals surface area contributed by atoms with E-state index in [0.29, 0.717) is 16.6 Å². The van der Waals surface area contributed by atoms with Gasteiger partial charge in [0, 0.05) is 17.8 Å². The molecule has 0 spiro atoms. The predicted octanol–water partition coefficient (Wildman–Crippen LogP) is 9.95. The number of nitrogens with zero attached hydrogens (tertiary/aromatic N) is 3. The summed E-state index contributed by atoms with van der Waals surface area (Å²) >= 11 is 13.1. The first-order valence-electron chi connectivity index (χ1n) is 12.9. The van der Waals surface area contributed by atoms with Crippen molar-refractivity contribution in [3.8, 4) is 17.1 Å². The predicted molar refractivity (Wildman–Crippen MR) is 165 cm³/mol. The molecule has 1 aromatic heterocycles. The number of aromatic nitrogens is 2. The lowest BCUT2D eigenvalue weighted by Crippen LogP contribution is -2.17. The van der Waals surface area contributed by atoms with Crippen molar-refractivity contribution in [1.29, 1.82) is 0 Å². The topological polar surface area (TPSA) is 21.1 Å². The minimum absolute atomic E-state index is 0.533. The van der Waals surface area contributed by atoms with Crippen LogP contribution in [0.5, 0.6) is 0 Å². The van der Waals surface area contributed by atoms with Crippen LogP contribution in [-0.2, 0) is 6.54 Å². The Morgan fingerprint density at radius 3 is 2.10 bits per heavy atom. The molecule has 1 heterocycles. The second kappa shape index (κ2) is 10.6. The molecule has 0 aliphatic heterocycles. The molecule has 192 valence electrons. The van der Waals surface area contributed by atoms with Crippen LogP contribution in [0, 0.1) is 13.8 Å². The van der Waals surface area contributed by atoms with Crippen LogP contribution in [0.1, 0.15) is 16.7 Å². The van der Waals surface area contributed by atoms with E-state index < -0.39 is 0 Å². The largest absolute Gasteiger partial charge is 0.336 e. The number of imidazole rings is 1. The fourth-order valence-corrected chi connectivity index (χ4v) is 5.57. The van der Waals surface area contributed by atoms with E-state index in [1.165, 1.54) is 22.4 Å². The Morgan fingerprint density at radius 1 is 0.692 bits per heavy atom. The van der Waals surface area contributed by atoms with Crippen molar-refractivity contribution in [3.05, 3.63) is 142 Å². The average Bonchev–Trinajstić information content (AvgIpc) is 3.33. The molecular formula is C34H27Cl2N3. The van der Waals surface area contributed by atoms with Crippen molar-refractivity contribution in [3.63, 3.8) is 0 Å². The molecule has 3 nitrogen and oxygen atoms in total. The summed E-state index contributed by atoms with van der Waals surface area (Å²) in [6, 6.07) is 39.4. The molecule has 6 aromatic rings. The zero-order valence-corrected chi connectivity index (χ0v) is 23.3. The number of hydrogen-bond donors (Lipinski definition) is 0. The maximum absolute atomic E-state index is 6.71. The van der Waals surface area contributed by atoms with Crippen molar-refractivity contribution < 1.29 is 0 Å². The number of anilines is 2. The Kier molecular flexibility index (Phi) is 6.86. The van der Waals surface area contributed by atoms with E-state index in [-0.39, 0.29) is 0 Å². The van der Waals surface area contributed by atoms with Gasteiger partial charge in [0.1, 0.15) is 5.82 Å². The molecule has 0 N–H and O–H groups in total. The molecule has 6 rings (SSSR count). The molecule has 0 saturated heterocycles. The zero-order valence-electron chi connectivity index (χ0n) is 21.8. The summed E-state index contributed by atoms with van der Waals surface area (Å²) in [5, 5.41) is 1.07. The van der Waals surface area contributed by atoms with Crippen molar-refractivity contribution in [1.82, 2.24) is 9.55 Å². The maximum atomic E-state index is 6.71. The van der Waals surface area contributed by atoms with E-state index in [9.17, 15) is 0 Å². The summed E-state index contributed by atoms with van der Waals surface area (Å²) in [5.74, 6) is 0.913. The van der Waals surface area contributed by atoms with Crippen LogP contribution in [0.25, 0.3) is 28.1 Å². The van der Waals surface area contributed by atoms with Crippen LogP contribution in [0.2, 0.25) is 10.0 Å². The van der Waals surface area contributed by atoms with Crippen LogP contribution < -0.4 is 4.90 Å². The Labute approximate surface area is 238 Å². The molecule has 0 fully saturated rings. The van der Waals surface area contributed by atoms with Gasteiger partial charge in [-0.15, -0.1) is 0 Å². The minimum atomic E-state index is 0.533. The Hall–Kier alpha value is -4.05. The first kappa shape index (κ1) is 25.2. The van der Waals surface area contributed by atoms with Gasteiger partial charge in [0.05, 0.1) is 32.5 Å². The fraction of sp³-hybridized carbons (Fsp3) is 0.0882. The van der Waals surface area contributed by atoms with Gasteiger partial charge in [0.15, 0.2) is 0 Å². The number of rotatable bonds is 6. The molecule has 0 bridgehead atoms. The molecule has 0 atom stereocenters. The van der Waals surface area contributed by atoms with Gasteiger partial charge in [-0.05, 0) is 79.1 Å². The molecule has 0 unspecified atom stereocenters. The van der Waals surface area contributed by atoms with Gasteiger partial charge in [-0.1, -0.05) is 89.9 Å². The highest BCUT2D eigenvalue weighted by molar-refractivity contribution is 6.43. The van der Waals surface area contributed by atoms with Gasteiger partial charge in [0.2, 0.25) is 0 Å². The van der Waals surface area contributed by atoms with E-state index in [1.54, 1.807) is 0 Å². The summed E-state index contributed by atoms with van der Waals surface area (Å²) in [7, 11) is 0. The molecule has 5 aromatic carbocycles. The summed E-state index contributed by atoms with van der Waals surface area (Å²) in [4.78, 5) is 7.27. The number of fused-ring (bicyclic) bond motifs is 1. The van der Waals surface area contributed by atoms with Gasteiger partial charge < -0.3 is 4.90 Å². The summed E-state index contributed by atoms with van der Waals surface area (Å²) < 4.78 is 2.28. The third-order valence-corrected chi connectivity index (χ3v) is 7.88. The number of hydrogen-bond acceptors (Lipinski definition) is 2. The van der Waals surface area contributed by atoms with E-state index in [1.807, 2.05) is 42.5 Å². The van der Waals surface area contributed by atoms with Crippen molar-refractivity contribution in [2.45, 2.75) is 20.4 Å². The number of para-hydroxylation sites is 3. The first-order chi connectivity index (χ1) is 19.0. The molecule has 0 radical (unpaired) electrons. The number of halogens is 2. The van der Waals surface area contributed by atoms with Gasteiger partial charge in [-0.2, -0.15) is 0 Å². The van der Waals surface area contributed by atoms with Gasteiger partial charge in [-0.25, -0.2) is 4.98 Å². The number of aryl methyl sites for hydroxylation is 2. The third-order valence-electron chi connectivity index (χ3n) is 7.07. The van der Waals surface area contributed by atoms with Crippen molar-refractivity contribution in [2.24, 2.45) is 0 Å². The van der Waals surface area contributed by atoms with Gasteiger partial charge in [0.25, 0.3) is 0 Å². The van der Waals surface area contributed by atoms with Crippen LogP contribution in [0.4, 0.5) is 11.4 Å². The van der Waals surface area contributed by atoms with Crippen molar-refractivity contribution >= 4 is 45.6 Å². The monoisotopic (exact) mass is 547 g/mol. The highest BCUT2D eigenvalue weighted by atomic mass is 35.5. The van der Waals surface area contributed by atoms with E-state index in [4.69, 9.17) is 28.2 Å². The van der Waals surface area contributed by atoms with Crippen LogP contribution in [0.3, 0.4) is 0 Å². The molecule has 0 amide bonds. The third kappa shape index (κ3) is 4.80. The van der Waals surface area contributed by atoms with Crippen LogP contribution >= 0.6 is 23.2 Å². The number of benzene rings is 5. The summed E-state index contributed by atoms with van der Waals surface area (Å²) in [6.07, 6.45) is 0. The first-order valence-corrected chi connectivity index (χ1v) is 13.7. The Balaban J connectivity index is 1.47. The lowest BCUT2D eigenvalue weighted by molar-refractivity contribution is 0.975. The average molecular weight is 549 g/mol. The second-order valence-corrected chi connectivity index (χ2v) is 10.5. The lowest BCUT2D eigenvalue weighted by atomic mass is 10.1.